The molecule has 0 spiro atoms. The van der Waals surface area contributed by atoms with Gasteiger partial charge in [-0.15, -0.1) is 0 Å². The van der Waals surface area contributed by atoms with Crippen molar-refractivity contribution in [1.29, 1.82) is 0 Å². The lowest BCUT2D eigenvalue weighted by atomic mass is 10.1. The number of halogens is 2. The van der Waals surface area contributed by atoms with Crippen LogP contribution in [0.15, 0.2) is 12.1 Å². The summed E-state index contributed by atoms with van der Waals surface area (Å²) in [6.07, 6.45) is 0. The van der Waals surface area contributed by atoms with E-state index in [4.69, 9.17) is 27.9 Å². The summed E-state index contributed by atoms with van der Waals surface area (Å²) in [5, 5.41) is 3.49. The highest BCUT2D eigenvalue weighted by molar-refractivity contribution is 6.37. The molecule has 0 fully saturated rings. The maximum atomic E-state index is 12.1. The van der Waals surface area contributed by atoms with Crippen LogP contribution >= 0.6 is 23.2 Å². The van der Waals surface area contributed by atoms with Gasteiger partial charge in [-0.05, 0) is 32.9 Å². The summed E-state index contributed by atoms with van der Waals surface area (Å²) < 4.78 is 5.12. The normalized spacial score (nSPS) is 11.2. The SMILES string of the molecule is COc1c(Cl)ccc(Cl)c1C(=O)NC(C)(C)C. The van der Waals surface area contributed by atoms with Crippen molar-refractivity contribution in [3.63, 3.8) is 0 Å². The fraction of sp³-hybridized carbons (Fsp3) is 0.417. The summed E-state index contributed by atoms with van der Waals surface area (Å²) in [7, 11) is 1.45. The van der Waals surface area contributed by atoms with Crippen molar-refractivity contribution in [2.24, 2.45) is 0 Å². The Balaban J connectivity index is 3.21. The smallest absolute Gasteiger partial charge is 0.257 e. The summed E-state index contributed by atoms with van der Waals surface area (Å²) in [5.74, 6) is -0.0113. The number of hydrogen-bond acceptors (Lipinski definition) is 2. The second-order valence-electron chi connectivity index (χ2n) is 4.64. The Morgan fingerprint density at radius 1 is 1.24 bits per heavy atom. The lowest BCUT2D eigenvalue weighted by Crippen LogP contribution is -2.40. The fourth-order valence-corrected chi connectivity index (χ4v) is 1.82. The minimum atomic E-state index is -0.353. The van der Waals surface area contributed by atoms with Crippen LogP contribution in [0.2, 0.25) is 10.0 Å². The highest BCUT2D eigenvalue weighted by Crippen LogP contribution is 2.33. The van der Waals surface area contributed by atoms with Gasteiger partial charge in [0.1, 0.15) is 5.56 Å². The van der Waals surface area contributed by atoms with Crippen LogP contribution in [0.4, 0.5) is 0 Å². The topological polar surface area (TPSA) is 38.3 Å². The summed E-state index contributed by atoms with van der Waals surface area (Å²) in [4.78, 5) is 12.1. The van der Waals surface area contributed by atoms with Gasteiger partial charge in [-0.3, -0.25) is 4.79 Å². The molecule has 0 bridgehead atoms. The van der Waals surface area contributed by atoms with E-state index in [1.54, 1.807) is 12.1 Å². The molecule has 94 valence electrons. The van der Waals surface area contributed by atoms with Crippen LogP contribution in [0.1, 0.15) is 31.1 Å². The van der Waals surface area contributed by atoms with Gasteiger partial charge in [-0.2, -0.15) is 0 Å². The molecule has 1 rings (SSSR count). The van der Waals surface area contributed by atoms with Crippen molar-refractivity contribution in [2.45, 2.75) is 26.3 Å². The number of carbonyl (C=O) groups excluding carboxylic acids is 1. The second kappa shape index (κ2) is 5.15. The minimum Gasteiger partial charge on any atom is -0.494 e. The van der Waals surface area contributed by atoms with E-state index in [0.29, 0.717) is 15.8 Å². The Morgan fingerprint density at radius 2 is 1.76 bits per heavy atom. The standard InChI is InChI=1S/C12H15Cl2NO2/c1-12(2,3)15-11(16)9-7(13)5-6-8(14)10(9)17-4/h5-6H,1-4H3,(H,15,16). The van der Waals surface area contributed by atoms with Gasteiger partial charge in [0, 0.05) is 5.54 Å². The molecule has 1 amide bonds. The monoisotopic (exact) mass is 275 g/mol. The van der Waals surface area contributed by atoms with Gasteiger partial charge in [-0.1, -0.05) is 23.2 Å². The average molecular weight is 276 g/mol. The number of hydrogen-bond donors (Lipinski definition) is 1. The van der Waals surface area contributed by atoms with Gasteiger partial charge in [0.2, 0.25) is 0 Å². The van der Waals surface area contributed by atoms with Crippen molar-refractivity contribution in [2.75, 3.05) is 7.11 Å². The van der Waals surface area contributed by atoms with Crippen molar-refractivity contribution >= 4 is 29.1 Å². The molecule has 0 aliphatic heterocycles. The first-order chi connectivity index (χ1) is 7.76. The average Bonchev–Trinajstić information content (AvgIpc) is 2.18. The van der Waals surface area contributed by atoms with E-state index in [2.05, 4.69) is 5.32 Å². The Morgan fingerprint density at radius 3 is 2.24 bits per heavy atom. The number of nitrogens with one attached hydrogen (secondary N) is 1. The molecule has 3 nitrogen and oxygen atoms in total. The molecule has 0 radical (unpaired) electrons. The Kier molecular flexibility index (Phi) is 4.28. The number of benzene rings is 1. The molecule has 0 aliphatic rings. The molecule has 1 N–H and O–H groups in total. The van der Waals surface area contributed by atoms with Gasteiger partial charge in [-0.25, -0.2) is 0 Å². The maximum absolute atomic E-state index is 12.1. The lowest BCUT2D eigenvalue weighted by Gasteiger charge is -2.22. The van der Waals surface area contributed by atoms with Gasteiger partial charge in [0.25, 0.3) is 5.91 Å². The molecule has 5 heteroatoms. The summed E-state index contributed by atoms with van der Waals surface area (Å²) in [6.45, 7) is 5.65. The first kappa shape index (κ1) is 14.1. The number of ether oxygens (including phenoxy) is 1. The van der Waals surface area contributed by atoms with E-state index in [0.717, 1.165) is 0 Å². The van der Waals surface area contributed by atoms with Crippen molar-refractivity contribution in [3.8, 4) is 5.75 Å². The zero-order valence-corrected chi connectivity index (χ0v) is 11.7. The third-order valence-electron chi connectivity index (χ3n) is 1.98. The van der Waals surface area contributed by atoms with Crippen LogP contribution in [0.25, 0.3) is 0 Å². The maximum Gasteiger partial charge on any atom is 0.257 e. The van der Waals surface area contributed by atoms with Crippen molar-refractivity contribution < 1.29 is 9.53 Å². The van der Waals surface area contributed by atoms with Crippen LogP contribution in [0.5, 0.6) is 5.75 Å². The minimum absolute atomic E-state index is 0.261. The van der Waals surface area contributed by atoms with Crippen molar-refractivity contribution in [1.82, 2.24) is 5.32 Å². The lowest BCUT2D eigenvalue weighted by molar-refractivity contribution is 0.0916. The van der Waals surface area contributed by atoms with Gasteiger partial charge >= 0.3 is 0 Å². The van der Waals surface area contributed by atoms with Crippen LogP contribution < -0.4 is 10.1 Å². The molecule has 0 saturated heterocycles. The highest BCUT2D eigenvalue weighted by Gasteiger charge is 2.22. The van der Waals surface area contributed by atoms with E-state index in [9.17, 15) is 4.79 Å². The Labute approximate surface area is 111 Å². The highest BCUT2D eigenvalue weighted by atomic mass is 35.5. The van der Waals surface area contributed by atoms with Crippen LogP contribution in [-0.4, -0.2) is 18.6 Å². The summed E-state index contributed by atoms with van der Waals surface area (Å²) in [6, 6.07) is 3.17. The first-order valence-corrected chi connectivity index (χ1v) is 5.86. The molecule has 1 aromatic carbocycles. The first-order valence-electron chi connectivity index (χ1n) is 5.11. The van der Waals surface area contributed by atoms with Crippen LogP contribution in [0, 0.1) is 0 Å². The Bertz CT molecular complexity index is 439. The van der Waals surface area contributed by atoms with Gasteiger partial charge in [0.15, 0.2) is 5.75 Å². The van der Waals surface area contributed by atoms with Crippen LogP contribution in [-0.2, 0) is 0 Å². The van der Waals surface area contributed by atoms with E-state index in [-0.39, 0.29) is 17.0 Å². The molecule has 0 heterocycles. The fourth-order valence-electron chi connectivity index (χ4n) is 1.35. The third kappa shape index (κ3) is 3.51. The zero-order valence-electron chi connectivity index (χ0n) is 10.2. The van der Waals surface area contributed by atoms with E-state index >= 15 is 0 Å². The van der Waals surface area contributed by atoms with Gasteiger partial charge in [0.05, 0.1) is 17.2 Å². The van der Waals surface area contributed by atoms with Crippen LogP contribution in [0.3, 0.4) is 0 Å². The quantitative estimate of drug-likeness (QED) is 0.897. The molecule has 0 atom stereocenters. The zero-order chi connectivity index (χ0) is 13.2. The molecular weight excluding hydrogens is 261 g/mol. The number of amides is 1. The van der Waals surface area contributed by atoms with E-state index in [1.165, 1.54) is 7.11 Å². The Hall–Kier alpha value is -0.930. The molecule has 0 saturated carbocycles. The molecule has 0 unspecified atom stereocenters. The molecule has 1 aromatic rings. The second-order valence-corrected chi connectivity index (χ2v) is 5.46. The molecular formula is C12H15Cl2NO2. The predicted octanol–water partition coefficient (Wildman–Crippen LogP) is 3.53. The summed E-state index contributed by atoms with van der Waals surface area (Å²) >= 11 is 12.0. The van der Waals surface area contributed by atoms with E-state index < -0.39 is 0 Å². The molecule has 0 aliphatic carbocycles. The predicted molar refractivity (Wildman–Crippen MR) is 70.2 cm³/mol. The molecule has 17 heavy (non-hydrogen) atoms. The van der Waals surface area contributed by atoms with Gasteiger partial charge < -0.3 is 10.1 Å². The van der Waals surface area contributed by atoms with E-state index in [1.807, 2.05) is 20.8 Å². The molecule has 0 aromatic heterocycles. The largest absolute Gasteiger partial charge is 0.494 e. The number of carbonyl (C=O) groups is 1. The summed E-state index contributed by atoms with van der Waals surface area (Å²) in [5.41, 5.74) is -0.0927. The number of rotatable bonds is 2. The third-order valence-corrected chi connectivity index (χ3v) is 2.59. The van der Waals surface area contributed by atoms with Crippen molar-refractivity contribution in [3.05, 3.63) is 27.7 Å². The number of methoxy groups -OCH3 is 1.